The SMILES string of the molecule is CCc1nnc2n1N[C@H](c1ccccc1)[C@H](C(=O)Nc1ccc(Cl)cc1)S2. The number of carbonyl (C=O) groups excluding carboxylic acids is 1. The first-order valence-corrected chi connectivity index (χ1v) is 9.90. The lowest BCUT2D eigenvalue weighted by atomic mass is 10.0. The molecule has 2 atom stereocenters. The molecule has 0 saturated heterocycles. The highest BCUT2D eigenvalue weighted by molar-refractivity contribution is 8.00. The minimum absolute atomic E-state index is 0.101. The third kappa shape index (κ3) is 3.65. The Bertz CT molecular complexity index is 944. The molecule has 0 saturated carbocycles. The van der Waals surface area contributed by atoms with Crippen LogP contribution in [0.4, 0.5) is 5.69 Å². The summed E-state index contributed by atoms with van der Waals surface area (Å²) < 4.78 is 1.88. The van der Waals surface area contributed by atoms with Gasteiger partial charge in [-0.15, -0.1) is 10.2 Å². The second kappa shape index (κ2) is 7.62. The van der Waals surface area contributed by atoms with Gasteiger partial charge in [-0.1, -0.05) is 60.6 Å². The van der Waals surface area contributed by atoms with Crippen LogP contribution in [0.15, 0.2) is 59.8 Å². The maximum Gasteiger partial charge on any atom is 0.240 e. The zero-order chi connectivity index (χ0) is 18.8. The van der Waals surface area contributed by atoms with Crippen LogP contribution in [0.2, 0.25) is 5.02 Å². The van der Waals surface area contributed by atoms with Gasteiger partial charge in [0.2, 0.25) is 11.1 Å². The summed E-state index contributed by atoms with van der Waals surface area (Å²) in [7, 11) is 0. The fraction of sp³-hybridized carbons (Fsp3) is 0.211. The zero-order valence-corrected chi connectivity index (χ0v) is 16.2. The molecule has 1 aliphatic heterocycles. The summed E-state index contributed by atoms with van der Waals surface area (Å²) in [4.78, 5) is 13.1. The largest absolute Gasteiger partial charge is 0.325 e. The summed E-state index contributed by atoms with van der Waals surface area (Å²) in [6.07, 6.45) is 0.754. The van der Waals surface area contributed by atoms with Crippen LogP contribution < -0.4 is 10.7 Å². The first-order chi connectivity index (χ1) is 13.2. The van der Waals surface area contributed by atoms with Crippen molar-refractivity contribution in [2.24, 2.45) is 0 Å². The second-order valence-corrected chi connectivity index (χ2v) is 7.68. The van der Waals surface area contributed by atoms with E-state index in [9.17, 15) is 4.79 Å². The Morgan fingerprint density at radius 2 is 1.93 bits per heavy atom. The van der Waals surface area contributed by atoms with Crippen molar-refractivity contribution >= 4 is 35.0 Å². The first-order valence-electron chi connectivity index (χ1n) is 8.64. The van der Waals surface area contributed by atoms with Crippen molar-refractivity contribution in [1.82, 2.24) is 14.9 Å². The highest BCUT2D eigenvalue weighted by Gasteiger charge is 2.37. The minimum Gasteiger partial charge on any atom is -0.325 e. The van der Waals surface area contributed by atoms with Gasteiger partial charge in [0.1, 0.15) is 5.25 Å². The van der Waals surface area contributed by atoms with E-state index in [0.29, 0.717) is 15.9 Å². The maximum atomic E-state index is 13.1. The van der Waals surface area contributed by atoms with Gasteiger partial charge in [0.25, 0.3) is 0 Å². The number of aryl methyl sites for hydroxylation is 1. The first kappa shape index (κ1) is 17.9. The summed E-state index contributed by atoms with van der Waals surface area (Å²) in [5.74, 6) is 0.742. The number of rotatable bonds is 4. The van der Waals surface area contributed by atoms with Gasteiger partial charge in [0.15, 0.2) is 5.82 Å². The molecular weight excluding hydrogens is 382 g/mol. The molecule has 8 heteroatoms. The lowest BCUT2D eigenvalue weighted by Gasteiger charge is -2.32. The Morgan fingerprint density at radius 3 is 2.63 bits per heavy atom. The van der Waals surface area contributed by atoms with Crippen LogP contribution in [-0.2, 0) is 11.2 Å². The van der Waals surface area contributed by atoms with E-state index in [4.69, 9.17) is 11.6 Å². The molecule has 0 spiro atoms. The van der Waals surface area contributed by atoms with Crippen LogP contribution in [0, 0.1) is 0 Å². The highest BCUT2D eigenvalue weighted by atomic mass is 35.5. The summed E-state index contributed by atoms with van der Waals surface area (Å²) in [5, 5.41) is 12.3. The number of hydrogen-bond acceptors (Lipinski definition) is 5. The normalized spacial score (nSPS) is 18.4. The smallest absolute Gasteiger partial charge is 0.240 e. The topological polar surface area (TPSA) is 71.8 Å². The van der Waals surface area contributed by atoms with Crippen molar-refractivity contribution < 1.29 is 4.79 Å². The van der Waals surface area contributed by atoms with E-state index in [0.717, 1.165) is 17.8 Å². The Balaban J connectivity index is 1.65. The number of fused-ring (bicyclic) bond motifs is 1. The molecule has 138 valence electrons. The van der Waals surface area contributed by atoms with E-state index in [1.165, 1.54) is 11.8 Å². The Hall–Kier alpha value is -2.51. The average Bonchev–Trinajstić information content (AvgIpc) is 3.11. The molecule has 2 aromatic carbocycles. The Labute approximate surface area is 166 Å². The molecule has 6 nitrogen and oxygen atoms in total. The van der Waals surface area contributed by atoms with Crippen LogP contribution in [0.1, 0.15) is 24.4 Å². The van der Waals surface area contributed by atoms with Gasteiger partial charge in [-0.3, -0.25) is 4.79 Å². The maximum absolute atomic E-state index is 13.1. The van der Waals surface area contributed by atoms with E-state index >= 15 is 0 Å². The van der Waals surface area contributed by atoms with E-state index in [2.05, 4.69) is 20.9 Å². The van der Waals surface area contributed by atoms with Crippen molar-refractivity contribution in [3.63, 3.8) is 0 Å². The van der Waals surface area contributed by atoms with Gasteiger partial charge in [-0.2, -0.15) is 0 Å². The molecule has 0 fully saturated rings. The predicted octanol–water partition coefficient (Wildman–Crippen LogP) is 3.89. The molecule has 1 aliphatic rings. The highest BCUT2D eigenvalue weighted by Crippen LogP contribution is 2.37. The number of halogens is 1. The Kier molecular flexibility index (Phi) is 5.05. The molecule has 1 aromatic heterocycles. The predicted molar refractivity (Wildman–Crippen MR) is 108 cm³/mol. The number of hydrogen-bond donors (Lipinski definition) is 2. The summed E-state index contributed by atoms with van der Waals surface area (Å²) in [6.45, 7) is 2.03. The van der Waals surface area contributed by atoms with E-state index in [-0.39, 0.29) is 11.9 Å². The lowest BCUT2D eigenvalue weighted by Crippen LogP contribution is -2.41. The van der Waals surface area contributed by atoms with Crippen molar-refractivity contribution in [3.05, 3.63) is 71.0 Å². The molecule has 0 bridgehead atoms. The van der Waals surface area contributed by atoms with Gasteiger partial charge in [-0.05, 0) is 29.8 Å². The van der Waals surface area contributed by atoms with E-state index in [1.54, 1.807) is 24.3 Å². The van der Waals surface area contributed by atoms with Crippen molar-refractivity contribution in [3.8, 4) is 0 Å². The van der Waals surface area contributed by atoms with Crippen LogP contribution >= 0.6 is 23.4 Å². The van der Waals surface area contributed by atoms with E-state index < -0.39 is 5.25 Å². The minimum atomic E-state index is -0.399. The van der Waals surface area contributed by atoms with Crippen LogP contribution in [0.5, 0.6) is 0 Å². The standard InChI is InChI=1S/C19H18ClN5OS/c1-2-15-22-23-19-25(15)24-16(12-6-4-3-5-7-12)17(27-19)18(26)21-14-10-8-13(20)9-11-14/h3-11,16-17,24H,2H2,1H3,(H,21,26)/t16-,17-/m1/s1. The zero-order valence-electron chi connectivity index (χ0n) is 14.6. The summed E-state index contributed by atoms with van der Waals surface area (Å²) >= 11 is 7.34. The quantitative estimate of drug-likeness (QED) is 0.696. The molecule has 0 radical (unpaired) electrons. The van der Waals surface area contributed by atoms with Crippen molar-refractivity contribution in [2.45, 2.75) is 29.8 Å². The molecule has 0 aliphatic carbocycles. The third-order valence-corrected chi connectivity index (χ3v) is 5.82. The van der Waals surface area contributed by atoms with Gasteiger partial charge in [0.05, 0.1) is 6.04 Å². The van der Waals surface area contributed by atoms with Gasteiger partial charge in [-0.25, -0.2) is 4.68 Å². The van der Waals surface area contributed by atoms with Gasteiger partial charge >= 0.3 is 0 Å². The number of nitrogens with zero attached hydrogens (tertiary/aromatic N) is 3. The van der Waals surface area contributed by atoms with Crippen LogP contribution in [0.25, 0.3) is 0 Å². The molecule has 1 amide bonds. The second-order valence-electron chi connectivity index (χ2n) is 6.14. The number of nitrogens with one attached hydrogen (secondary N) is 2. The lowest BCUT2D eigenvalue weighted by molar-refractivity contribution is -0.116. The van der Waals surface area contributed by atoms with E-state index in [1.807, 2.05) is 41.9 Å². The van der Waals surface area contributed by atoms with Crippen molar-refractivity contribution in [2.75, 3.05) is 10.7 Å². The van der Waals surface area contributed by atoms with Crippen LogP contribution in [0.3, 0.4) is 0 Å². The van der Waals surface area contributed by atoms with Gasteiger partial charge < -0.3 is 10.7 Å². The number of aromatic nitrogens is 3. The summed E-state index contributed by atoms with van der Waals surface area (Å²) in [5.41, 5.74) is 5.16. The molecule has 0 unspecified atom stereocenters. The molecule has 4 rings (SSSR count). The summed E-state index contributed by atoms with van der Waals surface area (Å²) in [6, 6.07) is 16.8. The van der Waals surface area contributed by atoms with Crippen LogP contribution in [-0.4, -0.2) is 26.0 Å². The molecule has 2 heterocycles. The molecular formula is C19H18ClN5OS. The Morgan fingerprint density at radius 1 is 1.19 bits per heavy atom. The monoisotopic (exact) mass is 399 g/mol. The fourth-order valence-electron chi connectivity index (χ4n) is 2.98. The number of thioether (sulfide) groups is 1. The average molecular weight is 400 g/mol. The number of carbonyl (C=O) groups is 1. The molecule has 3 aromatic rings. The third-order valence-electron chi connectivity index (χ3n) is 4.35. The molecule has 27 heavy (non-hydrogen) atoms. The van der Waals surface area contributed by atoms with Gasteiger partial charge in [0, 0.05) is 17.1 Å². The van der Waals surface area contributed by atoms with Crippen molar-refractivity contribution in [1.29, 1.82) is 0 Å². The fourth-order valence-corrected chi connectivity index (χ4v) is 4.21. The number of amides is 1. The molecule has 2 N–H and O–H groups in total. The number of anilines is 1. The number of benzene rings is 2.